The fourth-order valence-electron chi connectivity index (χ4n) is 2.15. The van der Waals surface area contributed by atoms with Crippen LogP contribution in [0.1, 0.15) is 30.9 Å². The van der Waals surface area contributed by atoms with E-state index in [4.69, 9.17) is 4.74 Å². The summed E-state index contributed by atoms with van der Waals surface area (Å²) in [7, 11) is 0. The standard InChI is InChI=1S/C14H21NO/c1-4-15-12-8-13(9-12)16-14-7-5-6-10(2)11(14)3/h5-7,12-13,15H,4,8-9H2,1-3H3. The molecule has 1 fully saturated rings. The Balaban J connectivity index is 1.89. The van der Waals surface area contributed by atoms with Gasteiger partial charge in [0.05, 0.1) is 0 Å². The summed E-state index contributed by atoms with van der Waals surface area (Å²) in [5.41, 5.74) is 2.58. The normalized spacial score (nSPS) is 23.9. The third kappa shape index (κ3) is 2.38. The van der Waals surface area contributed by atoms with Gasteiger partial charge < -0.3 is 10.1 Å². The predicted octanol–water partition coefficient (Wildman–Crippen LogP) is 2.82. The maximum atomic E-state index is 6.00. The highest BCUT2D eigenvalue weighted by atomic mass is 16.5. The molecule has 0 aromatic heterocycles. The molecule has 1 aliphatic carbocycles. The van der Waals surface area contributed by atoms with Gasteiger partial charge in [0, 0.05) is 6.04 Å². The molecule has 1 N–H and O–H groups in total. The van der Waals surface area contributed by atoms with E-state index in [9.17, 15) is 0 Å². The Morgan fingerprint density at radius 2 is 2.06 bits per heavy atom. The Bertz CT molecular complexity index is 356. The maximum absolute atomic E-state index is 6.00. The minimum absolute atomic E-state index is 0.407. The number of hydrogen-bond acceptors (Lipinski definition) is 2. The molecule has 1 saturated carbocycles. The molecule has 2 rings (SSSR count). The number of hydrogen-bond donors (Lipinski definition) is 1. The van der Waals surface area contributed by atoms with E-state index in [1.807, 2.05) is 0 Å². The van der Waals surface area contributed by atoms with Crippen molar-refractivity contribution in [2.75, 3.05) is 6.54 Å². The summed E-state index contributed by atoms with van der Waals surface area (Å²) >= 11 is 0. The van der Waals surface area contributed by atoms with Crippen molar-refractivity contribution in [1.29, 1.82) is 0 Å². The summed E-state index contributed by atoms with van der Waals surface area (Å²) < 4.78 is 6.00. The Morgan fingerprint density at radius 1 is 1.31 bits per heavy atom. The highest BCUT2D eigenvalue weighted by molar-refractivity contribution is 5.38. The van der Waals surface area contributed by atoms with Gasteiger partial charge in [-0.25, -0.2) is 0 Å². The molecule has 1 aromatic carbocycles. The number of benzene rings is 1. The lowest BCUT2D eigenvalue weighted by Crippen LogP contribution is -2.46. The largest absolute Gasteiger partial charge is 0.490 e. The van der Waals surface area contributed by atoms with E-state index < -0.39 is 0 Å². The molecule has 1 aromatic rings. The molecular weight excluding hydrogens is 198 g/mol. The molecule has 0 heterocycles. The van der Waals surface area contributed by atoms with Crippen LogP contribution in [0.2, 0.25) is 0 Å². The molecule has 0 spiro atoms. The van der Waals surface area contributed by atoms with Crippen LogP contribution in [0.3, 0.4) is 0 Å². The van der Waals surface area contributed by atoms with E-state index in [-0.39, 0.29) is 0 Å². The lowest BCUT2D eigenvalue weighted by molar-refractivity contribution is 0.0852. The topological polar surface area (TPSA) is 21.3 Å². The van der Waals surface area contributed by atoms with Crippen LogP contribution in [-0.2, 0) is 0 Å². The zero-order valence-corrected chi connectivity index (χ0v) is 10.4. The van der Waals surface area contributed by atoms with Gasteiger partial charge in [-0.05, 0) is 50.4 Å². The summed E-state index contributed by atoms with van der Waals surface area (Å²) in [6, 6.07) is 6.94. The van der Waals surface area contributed by atoms with Gasteiger partial charge in [-0.3, -0.25) is 0 Å². The molecule has 1 aliphatic rings. The first-order valence-electron chi connectivity index (χ1n) is 6.17. The minimum Gasteiger partial charge on any atom is -0.490 e. The van der Waals surface area contributed by atoms with E-state index in [1.54, 1.807) is 0 Å². The zero-order valence-electron chi connectivity index (χ0n) is 10.4. The van der Waals surface area contributed by atoms with Gasteiger partial charge in [0.25, 0.3) is 0 Å². The van der Waals surface area contributed by atoms with Gasteiger partial charge >= 0.3 is 0 Å². The first kappa shape index (κ1) is 11.5. The summed E-state index contributed by atoms with van der Waals surface area (Å²) in [5, 5.41) is 3.44. The highest BCUT2D eigenvalue weighted by Crippen LogP contribution is 2.28. The molecule has 0 unspecified atom stereocenters. The summed E-state index contributed by atoms with van der Waals surface area (Å²) in [4.78, 5) is 0. The van der Waals surface area contributed by atoms with E-state index in [2.05, 4.69) is 44.3 Å². The Morgan fingerprint density at radius 3 is 2.75 bits per heavy atom. The summed E-state index contributed by atoms with van der Waals surface area (Å²) in [6.07, 6.45) is 2.69. The van der Waals surface area contributed by atoms with E-state index >= 15 is 0 Å². The van der Waals surface area contributed by atoms with E-state index in [1.165, 1.54) is 11.1 Å². The number of rotatable bonds is 4. The van der Waals surface area contributed by atoms with Crippen LogP contribution in [-0.4, -0.2) is 18.7 Å². The van der Waals surface area contributed by atoms with Crippen LogP contribution >= 0.6 is 0 Å². The van der Waals surface area contributed by atoms with Crippen molar-refractivity contribution in [3.8, 4) is 5.75 Å². The lowest BCUT2D eigenvalue weighted by Gasteiger charge is -2.36. The van der Waals surface area contributed by atoms with Crippen LogP contribution in [0.4, 0.5) is 0 Å². The summed E-state index contributed by atoms with van der Waals surface area (Å²) in [6.45, 7) is 7.47. The second-order valence-corrected chi connectivity index (χ2v) is 4.66. The minimum atomic E-state index is 0.407. The van der Waals surface area contributed by atoms with Crippen molar-refractivity contribution in [3.05, 3.63) is 29.3 Å². The molecule has 16 heavy (non-hydrogen) atoms. The van der Waals surface area contributed by atoms with Gasteiger partial charge in [0.1, 0.15) is 11.9 Å². The average molecular weight is 219 g/mol. The summed E-state index contributed by atoms with van der Waals surface area (Å²) in [5.74, 6) is 1.06. The molecule has 2 heteroatoms. The maximum Gasteiger partial charge on any atom is 0.122 e. The predicted molar refractivity (Wildman–Crippen MR) is 67.0 cm³/mol. The van der Waals surface area contributed by atoms with Crippen molar-refractivity contribution >= 4 is 0 Å². The monoisotopic (exact) mass is 219 g/mol. The van der Waals surface area contributed by atoms with Gasteiger partial charge in [0.15, 0.2) is 0 Å². The second-order valence-electron chi connectivity index (χ2n) is 4.66. The Labute approximate surface area is 98.0 Å². The molecule has 2 nitrogen and oxygen atoms in total. The molecule has 88 valence electrons. The average Bonchev–Trinajstić information content (AvgIpc) is 2.21. The fraction of sp³-hybridized carbons (Fsp3) is 0.571. The third-order valence-corrected chi connectivity index (χ3v) is 3.44. The lowest BCUT2D eigenvalue weighted by atomic mass is 9.89. The Kier molecular flexibility index (Phi) is 3.49. The molecule has 0 saturated heterocycles. The third-order valence-electron chi connectivity index (χ3n) is 3.44. The molecule has 0 aliphatic heterocycles. The van der Waals surface area contributed by atoms with Crippen molar-refractivity contribution in [3.63, 3.8) is 0 Å². The fourth-order valence-corrected chi connectivity index (χ4v) is 2.15. The van der Waals surface area contributed by atoms with Crippen molar-refractivity contribution in [2.24, 2.45) is 0 Å². The van der Waals surface area contributed by atoms with Crippen LogP contribution in [0.15, 0.2) is 18.2 Å². The molecule has 0 amide bonds. The first-order chi connectivity index (χ1) is 7.70. The van der Waals surface area contributed by atoms with Crippen molar-refractivity contribution in [1.82, 2.24) is 5.32 Å². The van der Waals surface area contributed by atoms with Gasteiger partial charge in [-0.1, -0.05) is 19.1 Å². The number of ether oxygens (including phenoxy) is 1. The SMILES string of the molecule is CCNC1CC(Oc2cccc(C)c2C)C1. The zero-order chi connectivity index (χ0) is 11.5. The van der Waals surface area contributed by atoms with Crippen LogP contribution in [0.5, 0.6) is 5.75 Å². The van der Waals surface area contributed by atoms with Gasteiger partial charge in [-0.2, -0.15) is 0 Å². The van der Waals surface area contributed by atoms with Gasteiger partial charge in [0.2, 0.25) is 0 Å². The smallest absolute Gasteiger partial charge is 0.122 e. The molecule has 0 atom stereocenters. The molecule has 0 bridgehead atoms. The van der Waals surface area contributed by atoms with Crippen LogP contribution in [0, 0.1) is 13.8 Å². The van der Waals surface area contributed by atoms with Crippen molar-refractivity contribution < 1.29 is 4.74 Å². The van der Waals surface area contributed by atoms with Gasteiger partial charge in [-0.15, -0.1) is 0 Å². The molecule has 0 radical (unpaired) electrons. The van der Waals surface area contributed by atoms with Crippen LogP contribution in [0.25, 0.3) is 0 Å². The number of aryl methyl sites for hydroxylation is 1. The van der Waals surface area contributed by atoms with E-state index in [0.717, 1.165) is 25.1 Å². The van der Waals surface area contributed by atoms with E-state index in [0.29, 0.717) is 12.1 Å². The molecular formula is C14H21NO. The quantitative estimate of drug-likeness (QED) is 0.840. The second kappa shape index (κ2) is 4.88. The Hall–Kier alpha value is -1.02. The van der Waals surface area contributed by atoms with Crippen LogP contribution < -0.4 is 10.1 Å². The van der Waals surface area contributed by atoms with Crippen molar-refractivity contribution in [2.45, 2.75) is 45.8 Å². The first-order valence-corrected chi connectivity index (χ1v) is 6.17. The number of nitrogens with one attached hydrogen (secondary N) is 1. The highest BCUT2D eigenvalue weighted by Gasteiger charge is 2.30.